The van der Waals surface area contributed by atoms with Crippen molar-refractivity contribution in [3.8, 4) is 22.3 Å². The van der Waals surface area contributed by atoms with Crippen LogP contribution in [0.5, 0.6) is 0 Å². The van der Waals surface area contributed by atoms with Gasteiger partial charge in [-0.3, -0.25) is 9.58 Å². The number of benzene rings is 3. The van der Waals surface area contributed by atoms with Gasteiger partial charge in [0.15, 0.2) is 5.65 Å². The van der Waals surface area contributed by atoms with Crippen molar-refractivity contribution >= 4 is 26.7 Å². The van der Waals surface area contributed by atoms with Gasteiger partial charge in [0, 0.05) is 79.1 Å². The van der Waals surface area contributed by atoms with Gasteiger partial charge in [0.2, 0.25) is 0 Å². The number of aryl methyl sites for hydroxylation is 1. The molecular weight excluding hydrogens is 628 g/mol. The Morgan fingerprint density at radius 1 is 0.875 bits per heavy atom. The molecule has 0 amide bonds. The maximum absolute atomic E-state index is 13.9. The van der Waals surface area contributed by atoms with Crippen LogP contribution >= 0.6 is 0 Å². The Morgan fingerprint density at radius 3 is 2.33 bits per heavy atom. The van der Waals surface area contributed by atoms with Crippen molar-refractivity contribution in [2.24, 2.45) is 0 Å². The van der Waals surface area contributed by atoms with Crippen molar-refractivity contribution in [1.29, 1.82) is 0 Å². The predicted molar refractivity (Wildman–Crippen MR) is 186 cm³/mol. The molecule has 1 fully saturated rings. The van der Waals surface area contributed by atoms with Gasteiger partial charge >= 0.3 is 0 Å². The minimum absolute atomic E-state index is 0.173. The molecule has 3 aromatic heterocycles. The van der Waals surface area contributed by atoms with Crippen molar-refractivity contribution in [2.75, 3.05) is 37.6 Å². The van der Waals surface area contributed by atoms with Gasteiger partial charge in [-0.15, -0.1) is 0 Å². The van der Waals surface area contributed by atoms with E-state index >= 15 is 0 Å². The summed E-state index contributed by atoms with van der Waals surface area (Å²) in [6.07, 6.45) is 6.52. The highest BCUT2D eigenvalue weighted by atomic mass is 32.2. The smallest absolute Gasteiger partial charge is 0.269 e. The number of hydrogen-bond acceptors (Lipinski definition) is 7. The number of anilines is 1. The highest BCUT2D eigenvalue weighted by molar-refractivity contribution is 7.90. The Hall–Kier alpha value is -4.84. The number of rotatable bonds is 9. The number of nitrogens with zero attached hydrogens (tertiary/aromatic N) is 6. The zero-order valence-corrected chi connectivity index (χ0v) is 27.7. The van der Waals surface area contributed by atoms with Crippen molar-refractivity contribution in [1.82, 2.24) is 23.6 Å². The number of aliphatic hydroxyl groups is 1. The number of pyridine rings is 1. The summed E-state index contributed by atoms with van der Waals surface area (Å²) in [4.78, 5) is 9.52. The van der Waals surface area contributed by atoms with Gasteiger partial charge in [0.25, 0.3) is 10.0 Å². The van der Waals surface area contributed by atoms with Gasteiger partial charge in [-0.1, -0.05) is 42.0 Å². The second-order valence-corrected chi connectivity index (χ2v) is 14.3. The molecule has 246 valence electrons. The topological polar surface area (TPSA) is 96.5 Å². The molecule has 1 aliphatic rings. The van der Waals surface area contributed by atoms with Crippen molar-refractivity contribution in [3.05, 3.63) is 121 Å². The molecule has 7 rings (SSSR count). The van der Waals surface area contributed by atoms with Crippen LogP contribution in [0.3, 0.4) is 0 Å². The molecule has 0 saturated carbocycles. The normalized spacial score (nSPS) is 14.9. The minimum atomic E-state index is -3.96. The highest BCUT2D eigenvalue weighted by Gasteiger charge is 2.24. The summed E-state index contributed by atoms with van der Waals surface area (Å²) in [5.41, 5.74) is 6.39. The Balaban J connectivity index is 1.24. The van der Waals surface area contributed by atoms with Crippen LogP contribution in [0.4, 0.5) is 10.1 Å². The summed E-state index contributed by atoms with van der Waals surface area (Å²) >= 11 is 0. The van der Waals surface area contributed by atoms with Crippen LogP contribution in [0.15, 0.2) is 109 Å². The molecule has 1 saturated heterocycles. The lowest BCUT2D eigenvalue weighted by Crippen LogP contribution is -2.48. The average Bonchev–Trinajstić information content (AvgIpc) is 3.70. The standard InChI is InChI=1S/C37H37FN6O3S/c1-26-6-12-34(13-7-26)48(46,47)44-25-36(31-21-40-43(24-31)23-28-4-3-5-32(38)18-28)35-19-30(20-39-37(35)44)29-8-10-33(11-9-29)42-16-14-41(15-17-42)22-27(2)45/h3-13,18-21,24-25,27,45H,14-17,22-23H2,1-2H3/t27-/m1/s1. The fourth-order valence-electron chi connectivity index (χ4n) is 6.31. The number of aliphatic hydroxyl groups excluding tert-OH is 1. The van der Waals surface area contributed by atoms with Gasteiger partial charge < -0.3 is 10.0 Å². The molecule has 1 aliphatic heterocycles. The number of β-amino-alcohol motifs (C(OH)–C–C–N with tert-alkyl or cyclic N) is 1. The minimum Gasteiger partial charge on any atom is -0.392 e. The molecule has 9 nitrogen and oxygen atoms in total. The maximum atomic E-state index is 13.9. The van der Waals surface area contributed by atoms with Gasteiger partial charge in [-0.05, 0) is 67.4 Å². The quantitative estimate of drug-likeness (QED) is 0.209. The molecule has 1 N–H and O–H groups in total. The summed E-state index contributed by atoms with van der Waals surface area (Å²) in [6, 6.07) is 23.5. The molecule has 1 atom stereocenters. The van der Waals surface area contributed by atoms with E-state index in [0.29, 0.717) is 29.7 Å². The Morgan fingerprint density at radius 2 is 1.62 bits per heavy atom. The fourth-order valence-corrected chi connectivity index (χ4v) is 7.64. The summed E-state index contributed by atoms with van der Waals surface area (Å²) < 4.78 is 44.7. The summed E-state index contributed by atoms with van der Waals surface area (Å²) in [5, 5.41) is 14.9. The third-order valence-electron chi connectivity index (χ3n) is 8.83. The van der Waals surface area contributed by atoms with Crippen LogP contribution in [-0.4, -0.2) is 76.0 Å². The van der Waals surface area contributed by atoms with E-state index in [1.54, 1.807) is 53.6 Å². The Labute approximate surface area is 279 Å². The van der Waals surface area contributed by atoms with Crippen LogP contribution < -0.4 is 4.90 Å². The third kappa shape index (κ3) is 6.49. The van der Waals surface area contributed by atoms with Crippen molar-refractivity contribution in [3.63, 3.8) is 0 Å². The molecule has 4 heterocycles. The Kier molecular flexibility index (Phi) is 8.59. The highest BCUT2D eigenvalue weighted by Crippen LogP contribution is 2.35. The largest absolute Gasteiger partial charge is 0.392 e. The van der Waals surface area contributed by atoms with Crippen LogP contribution in [0.2, 0.25) is 0 Å². The van der Waals surface area contributed by atoms with E-state index in [-0.39, 0.29) is 16.8 Å². The molecule has 0 spiro atoms. The first-order valence-electron chi connectivity index (χ1n) is 16.0. The monoisotopic (exact) mass is 664 g/mol. The summed E-state index contributed by atoms with van der Waals surface area (Å²) in [7, 11) is -3.96. The molecular formula is C37H37FN6O3S. The lowest BCUT2D eigenvalue weighted by atomic mass is 10.0. The van der Waals surface area contributed by atoms with Gasteiger partial charge in [0.05, 0.1) is 23.7 Å². The zero-order valence-electron chi connectivity index (χ0n) is 26.9. The van der Waals surface area contributed by atoms with Gasteiger partial charge in [-0.2, -0.15) is 5.10 Å². The van der Waals surface area contributed by atoms with Gasteiger partial charge in [0.1, 0.15) is 5.82 Å². The number of fused-ring (bicyclic) bond motifs is 1. The fraction of sp³-hybridized carbons (Fsp3) is 0.243. The number of aromatic nitrogens is 4. The van der Waals surface area contributed by atoms with Crippen LogP contribution in [0.25, 0.3) is 33.3 Å². The molecule has 0 bridgehead atoms. The van der Waals surface area contributed by atoms with Crippen LogP contribution in [-0.2, 0) is 16.6 Å². The zero-order chi connectivity index (χ0) is 33.4. The van der Waals surface area contributed by atoms with E-state index < -0.39 is 10.0 Å². The van der Waals surface area contributed by atoms with Gasteiger partial charge in [-0.25, -0.2) is 21.8 Å². The number of piperazine rings is 1. The molecule has 3 aromatic carbocycles. The van der Waals surface area contributed by atoms with Crippen molar-refractivity contribution < 1.29 is 17.9 Å². The second-order valence-electron chi connectivity index (χ2n) is 12.5. The number of hydrogen-bond donors (Lipinski definition) is 1. The van der Waals surface area contributed by atoms with E-state index in [0.717, 1.165) is 59.7 Å². The van der Waals surface area contributed by atoms with E-state index in [9.17, 15) is 17.9 Å². The first-order valence-corrected chi connectivity index (χ1v) is 17.4. The average molecular weight is 665 g/mol. The molecule has 0 radical (unpaired) electrons. The maximum Gasteiger partial charge on any atom is 0.269 e. The van der Waals surface area contributed by atoms with Crippen LogP contribution in [0, 0.1) is 12.7 Å². The first kappa shape index (κ1) is 31.7. The lowest BCUT2D eigenvalue weighted by Gasteiger charge is -2.36. The third-order valence-corrected chi connectivity index (χ3v) is 10.5. The number of halogens is 1. The Bertz CT molecular complexity index is 2170. The van der Waals surface area contributed by atoms with Crippen molar-refractivity contribution in [2.45, 2.75) is 31.4 Å². The molecule has 11 heteroatoms. The first-order chi connectivity index (χ1) is 23.1. The molecule has 0 aliphatic carbocycles. The molecule has 6 aromatic rings. The van der Waals surface area contributed by atoms with E-state index in [2.05, 4.69) is 39.2 Å². The molecule has 48 heavy (non-hydrogen) atoms. The summed E-state index contributed by atoms with van der Waals surface area (Å²) in [6.45, 7) is 8.36. The molecule has 0 unspecified atom stereocenters. The van der Waals surface area contributed by atoms with E-state index in [1.165, 1.54) is 16.1 Å². The predicted octanol–water partition coefficient (Wildman–Crippen LogP) is 5.80. The van der Waals surface area contributed by atoms with E-state index in [4.69, 9.17) is 4.98 Å². The SMILES string of the molecule is Cc1ccc(S(=O)(=O)n2cc(-c3cnn(Cc4cccc(F)c4)c3)c3cc(-c4ccc(N5CCN(C[C@@H](C)O)CC5)cc4)cnc32)cc1. The van der Waals surface area contributed by atoms with Crippen LogP contribution in [0.1, 0.15) is 18.1 Å². The summed E-state index contributed by atoms with van der Waals surface area (Å²) in [5.74, 6) is -0.314. The second kappa shape index (κ2) is 13.0. The van der Waals surface area contributed by atoms with E-state index in [1.807, 2.05) is 32.2 Å². The lowest BCUT2D eigenvalue weighted by molar-refractivity contribution is 0.123.